The van der Waals surface area contributed by atoms with Crippen LogP contribution in [0.4, 0.5) is 10.1 Å². The molecule has 1 unspecified atom stereocenters. The van der Waals surface area contributed by atoms with Crippen molar-refractivity contribution in [2.45, 2.75) is 25.9 Å². The Morgan fingerprint density at radius 3 is 3.00 bits per heavy atom. The number of amides is 2. The number of carbonyl (C=O) groups is 2. The number of anilines is 1. The number of halogens is 1. The van der Waals surface area contributed by atoms with Gasteiger partial charge in [-0.3, -0.25) is 14.3 Å². The molecule has 0 saturated heterocycles. The molecular weight excluding hydrogens is 337 g/mol. The van der Waals surface area contributed by atoms with Gasteiger partial charge in [0.25, 0.3) is 0 Å². The van der Waals surface area contributed by atoms with E-state index in [-0.39, 0.29) is 18.1 Å². The van der Waals surface area contributed by atoms with Gasteiger partial charge < -0.3 is 15.5 Å². The quantitative estimate of drug-likeness (QED) is 0.844. The molecule has 26 heavy (non-hydrogen) atoms. The van der Waals surface area contributed by atoms with Crippen LogP contribution >= 0.6 is 0 Å². The molecule has 0 saturated carbocycles. The van der Waals surface area contributed by atoms with Crippen molar-refractivity contribution in [3.05, 3.63) is 47.5 Å². The first-order valence-electron chi connectivity index (χ1n) is 8.52. The summed E-state index contributed by atoms with van der Waals surface area (Å²) in [7, 11) is 1.54. The van der Waals surface area contributed by atoms with Crippen LogP contribution in [0, 0.1) is 5.82 Å². The number of nitrogens with zero attached hydrogens (tertiary/aromatic N) is 3. The highest BCUT2D eigenvalue weighted by Crippen LogP contribution is 2.24. The Labute approximate surface area is 151 Å². The summed E-state index contributed by atoms with van der Waals surface area (Å²) < 4.78 is 16.1. The van der Waals surface area contributed by atoms with Crippen LogP contribution in [-0.2, 0) is 22.6 Å². The van der Waals surface area contributed by atoms with Gasteiger partial charge in [0.1, 0.15) is 11.9 Å². The van der Waals surface area contributed by atoms with E-state index in [1.54, 1.807) is 31.5 Å². The molecule has 1 aromatic carbocycles. The molecule has 0 spiro atoms. The topological polar surface area (TPSA) is 79.3 Å². The first-order valence-corrected chi connectivity index (χ1v) is 8.52. The van der Waals surface area contributed by atoms with E-state index in [4.69, 9.17) is 0 Å². The molecule has 1 aliphatic rings. The number of likely N-dealkylation sites (N-methyl/N-ethyl adjacent to an activating group) is 1. The van der Waals surface area contributed by atoms with Gasteiger partial charge in [0, 0.05) is 26.0 Å². The molecule has 3 rings (SSSR count). The average molecular weight is 359 g/mol. The van der Waals surface area contributed by atoms with Gasteiger partial charge in [0.05, 0.1) is 12.2 Å². The van der Waals surface area contributed by atoms with Crippen molar-refractivity contribution in [1.82, 2.24) is 20.0 Å². The highest BCUT2D eigenvalue weighted by molar-refractivity contribution is 5.95. The normalized spacial score (nSPS) is 14.4. The maximum atomic E-state index is 14.6. The molecule has 2 amide bonds. The molecule has 1 aliphatic heterocycles. The summed E-state index contributed by atoms with van der Waals surface area (Å²) in [5.74, 6) is -1.08. The standard InChI is InChI=1S/C18H22FN5O2/c1-12(24-9-3-7-21-24)18(26)23(2)11-16(25)22-15-5-4-13-10-20-8-6-14(13)17(15)19/h3-5,7,9,12,20H,6,8,10-11H2,1-2H3,(H,22,25). The van der Waals surface area contributed by atoms with Crippen molar-refractivity contribution in [2.24, 2.45) is 0 Å². The van der Waals surface area contributed by atoms with E-state index in [0.29, 0.717) is 25.1 Å². The van der Waals surface area contributed by atoms with E-state index >= 15 is 0 Å². The molecule has 2 aromatic rings. The van der Waals surface area contributed by atoms with Crippen LogP contribution in [0.2, 0.25) is 0 Å². The van der Waals surface area contributed by atoms with E-state index in [1.807, 2.05) is 6.07 Å². The predicted molar refractivity (Wildman–Crippen MR) is 95.0 cm³/mol. The fraction of sp³-hybridized carbons (Fsp3) is 0.389. The number of rotatable bonds is 5. The van der Waals surface area contributed by atoms with Crippen LogP contribution in [0.15, 0.2) is 30.6 Å². The number of nitrogens with one attached hydrogen (secondary N) is 2. The fourth-order valence-corrected chi connectivity index (χ4v) is 3.06. The molecule has 7 nitrogen and oxygen atoms in total. The van der Waals surface area contributed by atoms with Crippen LogP contribution in [0.1, 0.15) is 24.1 Å². The number of hydrogen-bond acceptors (Lipinski definition) is 4. The summed E-state index contributed by atoms with van der Waals surface area (Å²) in [5.41, 5.74) is 1.70. The zero-order chi connectivity index (χ0) is 18.7. The summed E-state index contributed by atoms with van der Waals surface area (Å²) in [5, 5.41) is 9.79. The Morgan fingerprint density at radius 1 is 1.46 bits per heavy atom. The van der Waals surface area contributed by atoms with Crippen LogP contribution in [0.25, 0.3) is 0 Å². The maximum Gasteiger partial charge on any atom is 0.247 e. The van der Waals surface area contributed by atoms with Crippen LogP contribution in [0.3, 0.4) is 0 Å². The number of aromatic nitrogens is 2. The minimum Gasteiger partial charge on any atom is -0.335 e. The SMILES string of the molecule is CC(C(=O)N(C)CC(=O)Nc1ccc2c(c1F)CCNC2)n1cccn1. The Kier molecular flexibility index (Phi) is 5.32. The van der Waals surface area contributed by atoms with Crippen LogP contribution in [0.5, 0.6) is 0 Å². The van der Waals surface area contributed by atoms with Crippen molar-refractivity contribution >= 4 is 17.5 Å². The van der Waals surface area contributed by atoms with Gasteiger partial charge in [-0.1, -0.05) is 6.07 Å². The zero-order valence-corrected chi connectivity index (χ0v) is 14.8. The van der Waals surface area contributed by atoms with Gasteiger partial charge in [-0.05, 0) is 43.1 Å². The van der Waals surface area contributed by atoms with Crippen molar-refractivity contribution in [2.75, 3.05) is 25.5 Å². The molecule has 0 aliphatic carbocycles. The van der Waals surface area contributed by atoms with Crippen LogP contribution in [-0.4, -0.2) is 46.6 Å². The van der Waals surface area contributed by atoms with Crippen molar-refractivity contribution in [1.29, 1.82) is 0 Å². The first kappa shape index (κ1) is 18.1. The lowest BCUT2D eigenvalue weighted by Gasteiger charge is -2.22. The highest BCUT2D eigenvalue weighted by Gasteiger charge is 2.22. The third-order valence-electron chi connectivity index (χ3n) is 4.52. The summed E-state index contributed by atoms with van der Waals surface area (Å²) in [6.45, 7) is 2.89. The lowest BCUT2D eigenvalue weighted by molar-refractivity contribution is -0.136. The van der Waals surface area contributed by atoms with Crippen molar-refractivity contribution in [3.63, 3.8) is 0 Å². The minimum atomic E-state index is -0.518. The first-order chi connectivity index (χ1) is 12.5. The van der Waals surface area contributed by atoms with Gasteiger partial charge in [-0.25, -0.2) is 4.39 Å². The van der Waals surface area contributed by atoms with E-state index < -0.39 is 17.8 Å². The largest absolute Gasteiger partial charge is 0.335 e. The lowest BCUT2D eigenvalue weighted by atomic mass is 9.99. The Morgan fingerprint density at radius 2 is 2.27 bits per heavy atom. The summed E-state index contributed by atoms with van der Waals surface area (Å²) in [6, 6.07) is 4.59. The molecule has 138 valence electrons. The third kappa shape index (κ3) is 3.75. The number of fused-ring (bicyclic) bond motifs is 1. The van der Waals surface area contributed by atoms with Gasteiger partial charge in [0.2, 0.25) is 11.8 Å². The van der Waals surface area contributed by atoms with Gasteiger partial charge in [-0.15, -0.1) is 0 Å². The van der Waals surface area contributed by atoms with Crippen molar-refractivity contribution in [3.8, 4) is 0 Å². The lowest BCUT2D eigenvalue weighted by Crippen LogP contribution is -2.38. The second kappa shape index (κ2) is 7.65. The number of carbonyl (C=O) groups excluding carboxylic acids is 2. The van der Waals surface area contributed by atoms with Gasteiger partial charge in [-0.2, -0.15) is 5.10 Å². The molecule has 1 atom stereocenters. The Balaban J connectivity index is 1.63. The second-order valence-corrected chi connectivity index (χ2v) is 6.40. The molecular formula is C18H22FN5O2. The van der Waals surface area contributed by atoms with Crippen molar-refractivity contribution < 1.29 is 14.0 Å². The molecule has 0 fully saturated rings. The minimum absolute atomic E-state index is 0.150. The summed E-state index contributed by atoms with van der Waals surface area (Å²) in [4.78, 5) is 25.9. The fourth-order valence-electron chi connectivity index (χ4n) is 3.06. The third-order valence-corrected chi connectivity index (χ3v) is 4.52. The zero-order valence-electron chi connectivity index (χ0n) is 14.8. The smallest absolute Gasteiger partial charge is 0.247 e. The highest BCUT2D eigenvalue weighted by atomic mass is 19.1. The van der Waals surface area contributed by atoms with E-state index in [2.05, 4.69) is 15.7 Å². The monoisotopic (exact) mass is 359 g/mol. The average Bonchev–Trinajstić information content (AvgIpc) is 3.17. The molecule has 2 heterocycles. The Bertz CT molecular complexity index is 806. The molecule has 0 bridgehead atoms. The molecule has 1 aromatic heterocycles. The second-order valence-electron chi connectivity index (χ2n) is 6.40. The Hall–Kier alpha value is -2.74. The van der Waals surface area contributed by atoms with E-state index in [1.165, 1.54) is 16.6 Å². The predicted octanol–water partition coefficient (Wildman–Crippen LogP) is 1.33. The molecule has 8 heteroatoms. The summed E-state index contributed by atoms with van der Waals surface area (Å²) >= 11 is 0. The molecule has 2 N–H and O–H groups in total. The molecule has 0 radical (unpaired) electrons. The van der Waals surface area contributed by atoms with Gasteiger partial charge >= 0.3 is 0 Å². The van der Waals surface area contributed by atoms with Gasteiger partial charge in [0.15, 0.2) is 0 Å². The van der Waals surface area contributed by atoms with E-state index in [9.17, 15) is 14.0 Å². The maximum absolute atomic E-state index is 14.6. The van der Waals surface area contributed by atoms with Crippen LogP contribution < -0.4 is 10.6 Å². The van der Waals surface area contributed by atoms with E-state index in [0.717, 1.165) is 5.56 Å². The number of benzene rings is 1. The number of hydrogen-bond donors (Lipinski definition) is 2. The summed E-state index contributed by atoms with van der Waals surface area (Å²) in [6.07, 6.45) is 3.86.